The summed E-state index contributed by atoms with van der Waals surface area (Å²) in [6.07, 6.45) is -3.56. The average Bonchev–Trinajstić information content (AvgIpc) is 2.95. The third-order valence-corrected chi connectivity index (χ3v) is 2.70. The monoisotopic (exact) mass is 312 g/mol. The van der Waals surface area contributed by atoms with Crippen molar-refractivity contribution in [1.82, 2.24) is 20.6 Å². The van der Waals surface area contributed by atoms with Crippen LogP contribution in [0.4, 0.5) is 23.2 Å². The largest absolute Gasteiger partial charge is 0.416 e. The minimum Gasteiger partial charge on any atom is -0.358 e. The van der Waals surface area contributed by atoms with E-state index in [1.165, 1.54) is 6.92 Å². The Hall–Kier alpha value is -2.96. The van der Waals surface area contributed by atoms with Crippen molar-refractivity contribution in [3.8, 4) is 6.07 Å². The molecule has 0 saturated heterocycles. The lowest BCUT2D eigenvalue weighted by molar-refractivity contribution is -0.138. The van der Waals surface area contributed by atoms with Gasteiger partial charge >= 0.3 is 6.18 Å². The maximum absolute atomic E-state index is 13.7. The third kappa shape index (κ3) is 3.20. The van der Waals surface area contributed by atoms with Crippen molar-refractivity contribution < 1.29 is 17.6 Å². The summed E-state index contributed by atoms with van der Waals surface area (Å²) < 4.78 is 51.7. The Balaban J connectivity index is 2.32. The number of allylic oxidation sites excluding steroid dienone is 1. The van der Waals surface area contributed by atoms with Crippen LogP contribution < -0.4 is 5.32 Å². The number of aromatic nitrogens is 4. The molecule has 1 aromatic carbocycles. The molecule has 0 aliphatic rings. The van der Waals surface area contributed by atoms with Gasteiger partial charge in [0.15, 0.2) is 0 Å². The lowest BCUT2D eigenvalue weighted by atomic mass is 10.1. The number of nitrogens with one attached hydrogen (secondary N) is 2. The number of rotatable bonds is 3. The summed E-state index contributed by atoms with van der Waals surface area (Å²) in [6, 6.07) is 3.15. The van der Waals surface area contributed by atoms with Gasteiger partial charge in [0.2, 0.25) is 5.82 Å². The molecule has 6 nitrogen and oxygen atoms in total. The Labute approximate surface area is 121 Å². The second-order valence-corrected chi connectivity index (χ2v) is 4.19. The Morgan fingerprint density at radius 1 is 1.41 bits per heavy atom. The first-order chi connectivity index (χ1) is 10.3. The number of tetrazole rings is 1. The maximum Gasteiger partial charge on any atom is 0.416 e. The Kier molecular flexibility index (Phi) is 4.07. The summed E-state index contributed by atoms with van der Waals surface area (Å²) in [5.41, 5.74) is -1.48. The summed E-state index contributed by atoms with van der Waals surface area (Å²) in [5.74, 6) is -1.13. The number of aromatic amines is 1. The van der Waals surface area contributed by atoms with Crippen molar-refractivity contribution in [1.29, 1.82) is 5.26 Å². The molecule has 0 amide bonds. The molecule has 0 spiro atoms. The van der Waals surface area contributed by atoms with Crippen LogP contribution in [0.2, 0.25) is 0 Å². The van der Waals surface area contributed by atoms with Crippen LogP contribution in [0.5, 0.6) is 0 Å². The van der Waals surface area contributed by atoms with Crippen LogP contribution in [0.15, 0.2) is 18.3 Å². The molecule has 2 N–H and O–H groups in total. The van der Waals surface area contributed by atoms with Crippen LogP contribution in [-0.4, -0.2) is 20.6 Å². The SMILES string of the molecule is Cc1cc(NC=C(C#N)c2nn[nH]n2)c(F)cc1C(F)(F)F. The van der Waals surface area contributed by atoms with E-state index in [2.05, 4.69) is 25.9 Å². The van der Waals surface area contributed by atoms with Gasteiger partial charge in [0.25, 0.3) is 0 Å². The molecule has 0 radical (unpaired) electrons. The first-order valence-electron chi connectivity index (χ1n) is 5.81. The molecule has 22 heavy (non-hydrogen) atoms. The fourth-order valence-corrected chi connectivity index (χ4v) is 1.67. The quantitative estimate of drug-likeness (QED) is 0.671. The molecule has 0 fully saturated rings. The molecule has 2 aromatic rings. The van der Waals surface area contributed by atoms with Crippen LogP contribution >= 0.6 is 0 Å². The molecule has 2 rings (SSSR count). The van der Waals surface area contributed by atoms with Gasteiger partial charge in [0.1, 0.15) is 17.5 Å². The Morgan fingerprint density at radius 3 is 2.68 bits per heavy atom. The minimum absolute atomic E-state index is 0.0287. The fourth-order valence-electron chi connectivity index (χ4n) is 1.67. The number of halogens is 4. The summed E-state index contributed by atoms with van der Waals surface area (Å²) in [4.78, 5) is 0. The number of hydrogen-bond acceptors (Lipinski definition) is 5. The normalized spacial score (nSPS) is 12.1. The number of nitrogens with zero attached hydrogens (tertiary/aromatic N) is 4. The molecule has 0 aliphatic carbocycles. The topological polar surface area (TPSA) is 90.3 Å². The Bertz CT molecular complexity index is 742. The van der Waals surface area contributed by atoms with Crippen LogP contribution in [0, 0.1) is 24.1 Å². The molecule has 114 valence electrons. The molecule has 0 saturated carbocycles. The molecule has 0 aliphatic heterocycles. The summed E-state index contributed by atoms with van der Waals surface area (Å²) >= 11 is 0. The maximum atomic E-state index is 13.7. The number of aryl methyl sites for hydroxylation is 1. The number of nitriles is 1. The summed E-state index contributed by atoms with van der Waals surface area (Å²) in [7, 11) is 0. The van der Waals surface area contributed by atoms with Crippen molar-refractivity contribution in [2.75, 3.05) is 5.32 Å². The molecule has 1 heterocycles. The van der Waals surface area contributed by atoms with Gasteiger partial charge < -0.3 is 5.32 Å². The van der Waals surface area contributed by atoms with E-state index in [-0.39, 0.29) is 22.6 Å². The number of alkyl halides is 3. The standard InChI is InChI=1S/C12H8F4N6/c1-6-2-10(9(13)3-8(6)12(14,15)16)18-5-7(4-17)11-19-21-22-20-11/h2-3,5,18H,1H3,(H,19,20,21,22). The van der Waals surface area contributed by atoms with Crippen molar-refractivity contribution in [3.63, 3.8) is 0 Å². The van der Waals surface area contributed by atoms with Gasteiger partial charge in [0.05, 0.1) is 11.3 Å². The van der Waals surface area contributed by atoms with Gasteiger partial charge in [-0.15, -0.1) is 10.2 Å². The Morgan fingerprint density at radius 2 is 2.14 bits per heavy atom. The summed E-state index contributed by atoms with van der Waals surface area (Å²) in [5, 5.41) is 23.9. The second kappa shape index (κ2) is 5.80. The highest BCUT2D eigenvalue weighted by molar-refractivity contribution is 5.74. The van der Waals surface area contributed by atoms with E-state index >= 15 is 0 Å². The van der Waals surface area contributed by atoms with Crippen molar-refractivity contribution >= 4 is 11.3 Å². The zero-order chi connectivity index (χ0) is 16.3. The van der Waals surface area contributed by atoms with Crippen LogP contribution in [0.25, 0.3) is 5.57 Å². The number of hydrogen-bond donors (Lipinski definition) is 2. The molecule has 0 bridgehead atoms. The number of benzene rings is 1. The van der Waals surface area contributed by atoms with Gasteiger partial charge in [-0.25, -0.2) is 4.39 Å². The smallest absolute Gasteiger partial charge is 0.358 e. The van der Waals surface area contributed by atoms with Gasteiger partial charge in [-0.2, -0.15) is 23.6 Å². The first kappa shape index (κ1) is 15.4. The van der Waals surface area contributed by atoms with E-state index in [1.54, 1.807) is 6.07 Å². The van der Waals surface area contributed by atoms with Crippen molar-refractivity contribution in [2.24, 2.45) is 0 Å². The van der Waals surface area contributed by atoms with Gasteiger partial charge in [-0.3, -0.25) is 0 Å². The lowest BCUT2D eigenvalue weighted by Gasteiger charge is -2.12. The van der Waals surface area contributed by atoms with Crippen molar-refractivity contribution in [2.45, 2.75) is 13.1 Å². The van der Waals surface area contributed by atoms with E-state index in [0.29, 0.717) is 6.07 Å². The predicted octanol–water partition coefficient (Wildman–Crippen LogP) is 2.64. The zero-order valence-electron chi connectivity index (χ0n) is 11.0. The van der Waals surface area contributed by atoms with Crippen LogP contribution in [0.3, 0.4) is 0 Å². The van der Waals surface area contributed by atoms with Gasteiger partial charge in [0, 0.05) is 6.20 Å². The number of H-pyrrole nitrogens is 1. The summed E-state index contributed by atoms with van der Waals surface area (Å²) in [6.45, 7) is 1.21. The molecule has 1 aromatic heterocycles. The molecular weight excluding hydrogens is 304 g/mol. The highest BCUT2D eigenvalue weighted by Gasteiger charge is 2.33. The van der Waals surface area contributed by atoms with E-state index in [0.717, 1.165) is 12.3 Å². The molecule has 0 unspecified atom stereocenters. The number of anilines is 1. The van der Waals surface area contributed by atoms with E-state index in [4.69, 9.17) is 5.26 Å². The predicted molar refractivity (Wildman–Crippen MR) is 67.5 cm³/mol. The molecular formula is C12H8F4N6. The first-order valence-corrected chi connectivity index (χ1v) is 5.81. The van der Waals surface area contributed by atoms with Crippen LogP contribution in [-0.2, 0) is 6.18 Å². The third-order valence-electron chi connectivity index (χ3n) is 2.70. The lowest BCUT2D eigenvalue weighted by Crippen LogP contribution is -2.09. The zero-order valence-corrected chi connectivity index (χ0v) is 11.0. The van der Waals surface area contributed by atoms with Gasteiger partial charge in [-0.05, 0) is 29.8 Å². The highest BCUT2D eigenvalue weighted by Crippen LogP contribution is 2.34. The fraction of sp³-hybridized carbons (Fsp3) is 0.167. The highest BCUT2D eigenvalue weighted by atomic mass is 19.4. The molecule has 0 atom stereocenters. The second-order valence-electron chi connectivity index (χ2n) is 4.19. The van der Waals surface area contributed by atoms with E-state index in [9.17, 15) is 17.6 Å². The van der Waals surface area contributed by atoms with E-state index < -0.39 is 17.6 Å². The van der Waals surface area contributed by atoms with Crippen LogP contribution in [0.1, 0.15) is 17.0 Å². The van der Waals surface area contributed by atoms with Gasteiger partial charge in [-0.1, -0.05) is 0 Å². The molecule has 10 heteroatoms. The van der Waals surface area contributed by atoms with E-state index in [1.807, 2.05) is 0 Å². The van der Waals surface area contributed by atoms with Crippen molar-refractivity contribution in [3.05, 3.63) is 41.1 Å². The minimum atomic E-state index is -4.64. The average molecular weight is 312 g/mol.